The maximum Gasteiger partial charge on any atom is 0.289 e. The quantitative estimate of drug-likeness (QED) is 0.660. The highest BCUT2D eigenvalue weighted by atomic mass is 16.2. The second-order valence-electron chi connectivity index (χ2n) is 4.21. The first-order valence-electron chi connectivity index (χ1n) is 5.75. The summed E-state index contributed by atoms with van der Waals surface area (Å²) in [6.07, 6.45) is 5.66. The van der Waals surface area contributed by atoms with E-state index in [0.29, 0.717) is 6.42 Å². The first-order valence-corrected chi connectivity index (χ1v) is 5.75. The summed E-state index contributed by atoms with van der Waals surface area (Å²) < 4.78 is 0. The van der Waals surface area contributed by atoms with Crippen molar-refractivity contribution in [2.24, 2.45) is 5.73 Å². The molecule has 0 aliphatic heterocycles. The van der Waals surface area contributed by atoms with Crippen LogP contribution in [0.4, 0.5) is 0 Å². The van der Waals surface area contributed by atoms with Gasteiger partial charge in [0, 0.05) is 6.04 Å². The molecule has 0 aromatic heterocycles. The van der Waals surface area contributed by atoms with Crippen molar-refractivity contribution >= 4 is 11.7 Å². The maximum atomic E-state index is 11.5. The summed E-state index contributed by atoms with van der Waals surface area (Å²) in [4.78, 5) is 23.0. The van der Waals surface area contributed by atoms with E-state index in [9.17, 15) is 9.59 Å². The summed E-state index contributed by atoms with van der Waals surface area (Å²) in [5, 5.41) is 2.75. The van der Waals surface area contributed by atoms with Gasteiger partial charge in [-0.05, 0) is 19.3 Å². The average Bonchev–Trinajstić information content (AvgIpc) is 2.69. The molecule has 1 aliphatic carbocycles. The van der Waals surface area contributed by atoms with Crippen molar-refractivity contribution in [3.8, 4) is 0 Å². The van der Waals surface area contributed by atoms with Crippen molar-refractivity contribution < 1.29 is 9.59 Å². The number of Topliss-reactive ketones (excluding diaryl/α,β-unsaturated/α-hetero) is 1. The van der Waals surface area contributed by atoms with Crippen LogP contribution in [0.5, 0.6) is 0 Å². The van der Waals surface area contributed by atoms with Gasteiger partial charge < -0.3 is 11.1 Å². The van der Waals surface area contributed by atoms with E-state index in [0.717, 1.165) is 32.1 Å². The van der Waals surface area contributed by atoms with E-state index in [2.05, 4.69) is 5.32 Å². The highest BCUT2D eigenvalue weighted by Gasteiger charge is 2.24. The highest BCUT2D eigenvalue weighted by molar-refractivity contribution is 6.38. The Morgan fingerprint density at radius 2 is 2.00 bits per heavy atom. The predicted octanol–water partition coefficient (Wildman–Crippen LogP) is 0.742. The molecule has 1 rings (SSSR count). The van der Waals surface area contributed by atoms with Crippen LogP contribution >= 0.6 is 0 Å². The lowest BCUT2D eigenvalue weighted by Crippen LogP contribution is -2.45. The van der Waals surface area contributed by atoms with Gasteiger partial charge in [-0.15, -0.1) is 0 Å². The van der Waals surface area contributed by atoms with Crippen LogP contribution in [0.1, 0.15) is 45.4 Å². The van der Waals surface area contributed by atoms with Crippen molar-refractivity contribution in [2.45, 2.75) is 57.5 Å². The van der Waals surface area contributed by atoms with Gasteiger partial charge in [0.05, 0.1) is 6.04 Å². The van der Waals surface area contributed by atoms with Crippen LogP contribution in [0, 0.1) is 0 Å². The van der Waals surface area contributed by atoms with E-state index in [1.807, 2.05) is 6.92 Å². The topological polar surface area (TPSA) is 72.2 Å². The Labute approximate surface area is 90.6 Å². The Morgan fingerprint density at radius 3 is 2.53 bits per heavy atom. The molecule has 4 heteroatoms. The normalized spacial score (nSPS) is 18.8. The number of hydrogen-bond acceptors (Lipinski definition) is 3. The first kappa shape index (κ1) is 12.2. The predicted molar refractivity (Wildman–Crippen MR) is 58.3 cm³/mol. The molecule has 0 spiro atoms. The largest absolute Gasteiger partial charge is 0.347 e. The third-order valence-corrected chi connectivity index (χ3v) is 2.85. The number of ketones is 1. The second kappa shape index (κ2) is 5.85. The summed E-state index contributed by atoms with van der Waals surface area (Å²) in [5.74, 6) is -0.966. The van der Waals surface area contributed by atoms with Gasteiger partial charge in [-0.2, -0.15) is 0 Å². The zero-order chi connectivity index (χ0) is 11.3. The summed E-state index contributed by atoms with van der Waals surface area (Å²) >= 11 is 0. The van der Waals surface area contributed by atoms with E-state index < -0.39 is 17.7 Å². The molecule has 1 atom stereocenters. The van der Waals surface area contributed by atoms with Crippen LogP contribution in [0.2, 0.25) is 0 Å². The minimum Gasteiger partial charge on any atom is -0.347 e. The van der Waals surface area contributed by atoms with Gasteiger partial charge in [0.1, 0.15) is 0 Å². The Kier molecular flexibility index (Phi) is 4.75. The lowest BCUT2D eigenvalue weighted by Gasteiger charge is -2.13. The van der Waals surface area contributed by atoms with E-state index in [1.165, 1.54) is 0 Å². The number of nitrogens with one attached hydrogen (secondary N) is 1. The van der Waals surface area contributed by atoms with Gasteiger partial charge in [0.15, 0.2) is 0 Å². The Hall–Kier alpha value is -0.900. The van der Waals surface area contributed by atoms with Gasteiger partial charge in [-0.3, -0.25) is 9.59 Å². The Bertz CT molecular complexity index is 235. The highest BCUT2D eigenvalue weighted by Crippen LogP contribution is 2.17. The van der Waals surface area contributed by atoms with E-state index in [1.54, 1.807) is 0 Å². The van der Waals surface area contributed by atoms with Crippen molar-refractivity contribution in [2.75, 3.05) is 0 Å². The minimum atomic E-state index is -0.628. The standard InChI is InChI=1S/C11H20N2O2/c1-2-5-9(12)10(14)11(15)13-8-6-3-4-7-8/h8-9H,2-7,12H2,1H3,(H,13,15). The second-order valence-corrected chi connectivity index (χ2v) is 4.21. The number of hydrogen-bond donors (Lipinski definition) is 2. The van der Waals surface area contributed by atoms with Crippen molar-refractivity contribution in [3.05, 3.63) is 0 Å². The average molecular weight is 212 g/mol. The lowest BCUT2D eigenvalue weighted by molar-refractivity contribution is -0.139. The maximum absolute atomic E-state index is 11.5. The fraction of sp³-hybridized carbons (Fsp3) is 0.818. The smallest absolute Gasteiger partial charge is 0.289 e. The Balaban J connectivity index is 2.35. The van der Waals surface area contributed by atoms with Gasteiger partial charge >= 0.3 is 0 Å². The monoisotopic (exact) mass is 212 g/mol. The molecule has 1 amide bonds. The molecule has 1 aliphatic rings. The third kappa shape index (κ3) is 3.63. The fourth-order valence-corrected chi connectivity index (χ4v) is 1.94. The Morgan fingerprint density at radius 1 is 1.40 bits per heavy atom. The molecule has 0 aromatic carbocycles. The van der Waals surface area contributed by atoms with Crippen LogP contribution < -0.4 is 11.1 Å². The molecule has 1 unspecified atom stereocenters. The molecular formula is C11H20N2O2. The van der Waals surface area contributed by atoms with Crippen LogP contribution in [-0.4, -0.2) is 23.8 Å². The molecule has 3 N–H and O–H groups in total. The third-order valence-electron chi connectivity index (χ3n) is 2.85. The molecule has 0 aromatic rings. The molecule has 15 heavy (non-hydrogen) atoms. The summed E-state index contributed by atoms with van der Waals surface area (Å²) in [5.41, 5.74) is 5.59. The van der Waals surface area contributed by atoms with E-state index >= 15 is 0 Å². The van der Waals surface area contributed by atoms with Crippen LogP contribution in [0.3, 0.4) is 0 Å². The lowest BCUT2D eigenvalue weighted by atomic mass is 10.1. The van der Waals surface area contributed by atoms with Crippen LogP contribution in [-0.2, 0) is 9.59 Å². The minimum absolute atomic E-state index is 0.190. The fourth-order valence-electron chi connectivity index (χ4n) is 1.94. The molecule has 0 bridgehead atoms. The number of nitrogens with two attached hydrogens (primary N) is 1. The molecule has 4 nitrogen and oxygen atoms in total. The van der Waals surface area contributed by atoms with Gasteiger partial charge in [-0.25, -0.2) is 0 Å². The molecule has 0 radical (unpaired) electrons. The molecule has 1 fully saturated rings. The first-order chi connectivity index (χ1) is 7.15. The van der Waals surface area contributed by atoms with Gasteiger partial charge in [0.2, 0.25) is 5.78 Å². The van der Waals surface area contributed by atoms with Crippen molar-refractivity contribution in [1.29, 1.82) is 0 Å². The summed E-state index contributed by atoms with van der Waals surface area (Å²) in [6, 6.07) is -0.438. The summed E-state index contributed by atoms with van der Waals surface area (Å²) in [6.45, 7) is 1.95. The zero-order valence-corrected chi connectivity index (χ0v) is 9.29. The van der Waals surface area contributed by atoms with Crippen molar-refractivity contribution in [3.63, 3.8) is 0 Å². The number of carbonyl (C=O) groups is 2. The van der Waals surface area contributed by atoms with E-state index in [-0.39, 0.29) is 6.04 Å². The molecule has 0 saturated heterocycles. The molecule has 1 saturated carbocycles. The van der Waals surface area contributed by atoms with Gasteiger partial charge in [0.25, 0.3) is 5.91 Å². The molecular weight excluding hydrogens is 192 g/mol. The zero-order valence-electron chi connectivity index (χ0n) is 9.29. The number of rotatable bonds is 5. The number of amides is 1. The van der Waals surface area contributed by atoms with Crippen LogP contribution in [0.25, 0.3) is 0 Å². The molecule has 0 heterocycles. The van der Waals surface area contributed by atoms with Crippen molar-refractivity contribution in [1.82, 2.24) is 5.32 Å². The SMILES string of the molecule is CCCC(N)C(=O)C(=O)NC1CCCC1. The van der Waals surface area contributed by atoms with Crippen LogP contribution in [0.15, 0.2) is 0 Å². The summed E-state index contributed by atoms with van der Waals surface area (Å²) in [7, 11) is 0. The number of carbonyl (C=O) groups excluding carboxylic acids is 2. The van der Waals surface area contributed by atoms with E-state index in [4.69, 9.17) is 5.73 Å². The van der Waals surface area contributed by atoms with Gasteiger partial charge in [-0.1, -0.05) is 26.2 Å². The molecule has 86 valence electrons.